The van der Waals surface area contributed by atoms with Gasteiger partial charge < -0.3 is 13.6 Å². The van der Waals surface area contributed by atoms with Crippen molar-refractivity contribution in [2.45, 2.75) is 6.42 Å². The molecule has 3 rings (SSSR count). The van der Waals surface area contributed by atoms with Gasteiger partial charge in [-0.2, -0.15) is 0 Å². The van der Waals surface area contributed by atoms with Crippen molar-refractivity contribution in [1.29, 1.82) is 0 Å². The molecule has 0 bridgehead atoms. The summed E-state index contributed by atoms with van der Waals surface area (Å²) < 4.78 is 30.0. The highest BCUT2D eigenvalue weighted by atomic mass is 32.2. The lowest BCUT2D eigenvalue weighted by molar-refractivity contribution is 0.463. The second kappa shape index (κ2) is 8.41. The van der Waals surface area contributed by atoms with Gasteiger partial charge in [-0.05, 0) is 30.2 Å². The van der Waals surface area contributed by atoms with Crippen LogP contribution in [0.4, 0.5) is 5.69 Å². The lowest BCUT2D eigenvalue weighted by atomic mass is 10.1. The Kier molecular flexibility index (Phi) is 5.77. The SMILES string of the molecule is O=S([O-])N(CCc1ccccc1)c1ccc(Oc2ccccc2)nc1. The molecule has 0 spiro atoms. The minimum absolute atomic E-state index is 0.348. The van der Waals surface area contributed by atoms with Crippen LogP contribution in [0, 0.1) is 0 Å². The van der Waals surface area contributed by atoms with Crippen LogP contribution in [0.25, 0.3) is 0 Å². The number of hydrogen-bond acceptors (Lipinski definition) is 4. The zero-order chi connectivity index (χ0) is 17.5. The van der Waals surface area contributed by atoms with Crippen molar-refractivity contribution in [3.8, 4) is 11.6 Å². The number of benzene rings is 2. The summed E-state index contributed by atoms with van der Waals surface area (Å²) in [5.74, 6) is 1.09. The Morgan fingerprint density at radius 3 is 2.24 bits per heavy atom. The molecule has 6 heteroatoms. The second-order valence-electron chi connectivity index (χ2n) is 5.32. The first-order valence-electron chi connectivity index (χ1n) is 7.82. The number of pyridine rings is 1. The Hall–Kier alpha value is -2.70. The summed E-state index contributed by atoms with van der Waals surface area (Å²) in [6.45, 7) is 0.348. The van der Waals surface area contributed by atoms with Crippen molar-refractivity contribution >= 4 is 17.0 Å². The van der Waals surface area contributed by atoms with Gasteiger partial charge in [-0.3, -0.25) is 4.21 Å². The molecule has 0 saturated heterocycles. The maximum Gasteiger partial charge on any atom is 0.219 e. The molecule has 0 saturated carbocycles. The molecular formula is C19H17N2O3S-. The third-order valence-electron chi connectivity index (χ3n) is 3.60. The zero-order valence-corrected chi connectivity index (χ0v) is 14.3. The molecule has 0 N–H and O–H groups in total. The third-order valence-corrected chi connectivity index (χ3v) is 4.35. The van der Waals surface area contributed by atoms with Gasteiger partial charge in [0.1, 0.15) is 5.75 Å². The molecule has 1 aromatic heterocycles. The molecule has 1 atom stereocenters. The Balaban J connectivity index is 1.68. The fourth-order valence-corrected chi connectivity index (χ4v) is 2.88. The number of para-hydroxylation sites is 1. The molecule has 0 aliphatic rings. The van der Waals surface area contributed by atoms with Crippen molar-refractivity contribution in [3.05, 3.63) is 84.6 Å². The Bertz CT molecular complexity index is 811. The number of anilines is 1. The van der Waals surface area contributed by atoms with E-state index >= 15 is 0 Å². The van der Waals surface area contributed by atoms with E-state index in [4.69, 9.17) is 4.74 Å². The third kappa shape index (κ3) is 4.89. The van der Waals surface area contributed by atoms with Crippen LogP contribution in [0.3, 0.4) is 0 Å². The van der Waals surface area contributed by atoms with Crippen molar-refractivity contribution in [2.75, 3.05) is 10.8 Å². The van der Waals surface area contributed by atoms with E-state index < -0.39 is 11.3 Å². The van der Waals surface area contributed by atoms with E-state index in [0.717, 1.165) is 5.56 Å². The predicted octanol–water partition coefficient (Wildman–Crippen LogP) is 3.72. The number of rotatable bonds is 7. The number of aromatic nitrogens is 1. The van der Waals surface area contributed by atoms with E-state index in [0.29, 0.717) is 30.3 Å². The van der Waals surface area contributed by atoms with Crippen LogP contribution in [0.15, 0.2) is 79.0 Å². The molecule has 0 amide bonds. The Morgan fingerprint density at radius 1 is 0.960 bits per heavy atom. The van der Waals surface area contributed by atoms with Crippen molar-refractivity contribution in [3.63, 3.8) is 0 Å². The van der Waals surface area contributed by atoms with Gasteiger partial charge in [0.05, 0.1) is 11.9 Å². The fourth-order valence-electron chi connectivity index (χ4n) is 2.35. The highest BCUT2D eigenvalue weighted by Crippen LogP contribution is 2.22. The highest BCUT2D eigenvalue weighted by molar-refractivity contribution is 7.80. The summed E-state index contributed by atoms with van der Waals surface area (Å²) in [7, 11) is 0. The van der Waals surface area contributed by atoms with Crippen LogP contribution in [0.2, 0.25) is 0 Å². The average Bonchev–Trinajstić information content (AvgIpc) is 2.65. The van der Waals surface area contributed by atoms with E-state index in [1.54, 1.807) is 12.1 Å². The van der Waals surface area contributed by atoms with Gasteiger partial charge in [0.25, 0.3) is 0 Å². The molecule has 0 fully saturated rings. The van der Waals surface area contributed by atoms with Crippen LogP contribution < -0.4 is 9.04 Å². The summed E-state index contributed by atoms with van der Waals surface area (Å²) in [5, 5.41) is 0. The van der Waals surface area contributed by atoms with Gasteiger partial charge in [-0.15, -0.1) is 0 Å². The fraction of sp³-hybridized carbons (Fsp3) is 0.105. The smallest absolute Gasteiger partial charge is 0.219 e. The van der Waals surface area contributed by atoms with Crippen LogP contribution in [0.1, 0.15) is 5.56 Å². The first kappa shape index (κ1) is 17.1. The minimum atomic E-state index is -2.37. The molecule has 0 radical (unpaired) electrons. The Morgan fingerprint density at radius 2 is 1.64 bits per heavy atom. The molecule has 25 heavy (non-hydrogen) atoms. The topological polar surface area (TPSA) is 65.5 Å². The van der Waals surface area contributed by atoms with Gasteiger partial charge in [-0.1, -0.05) is 48.5 Å². The lowest BCUT2D eigenvalue weighted by Crippen LogP contribution is -2.27. The highest BCUT2D eigenvalue weighted by Gasteiger charge is 2.09. The largest absolute Gasteiger partial charge is 0.755 e. The Labute approximate surface area is 149 Å². The molecule has 1 heterocycles. The molecule has 3 aromatic rings. The zero-order valence-electron chi connectivity index (χ0n) is 13.4. The number of nitrogens with zero attached hydrogens (tertiary/aromatic N) is 2. The van der Waals surface area contributed by atoms with E-state index in [2.05, 4.69) is 4.98 Å². The normalized spacial score (nSPS) is 11.7. The van der Waals surface area contributed by atoms with E-state index in [1.807, 2.05) is 60.7 Å². The molecule has 128 valence electrons. The van der Waals surface area contributed by atoms with E-state index in [1.165, 1.54) is 10.5 Å². The van der Waals surface area contributed by atoms with E-state index in [9.17, 15) is 8.76 Å². The maximum absolute atomic E-state index is 11.6. The van der Waals surface area contributed by atoms with Crippen molar-refractivity contribution in [2.24, 2.45) is 0 Å². The summed E-state index contributed by atoms with van der Waals surface area (Å²) >= 11 is -2.37. The summed E-state index contributed by atoms with van der Waals surface area (Å²) in [4.78, 5) is 4.20. The quantitative estimate of drug-likeness (QED) is 0.607. The summed E-state index contributed by atoms with van der Waals surface area (Å²) in [5.41, 5.74) is 1.58. The van der Waals surface area contributed by atoms with Crippen molar-refractivity contribution in [1.82, 2.24) is 4.98 Å². The summed E-state index contributed by atoms with van der Waals surface area (Å²) in [6.07, 6.45) is 2.12. The molecule has 1 unspecified atom stereocenters. The maximum atomic E-state index is 11.6. The van der Waals surface area contributed by atoms with Crippen molar-refractivity contribution < 1.29 is 13.5 Å². The van der Waals surface area contributed by atoms with E-state index in [-0.39, 0.29) is 0 Å². The first-order valence-corrected chi connectivity index (χ1v) is 8.85. The van der Waals surface area contributed by atoms with Gasteiger partial charge in [0, 0.05) is 23.9 Å². The number of ether oxygens (including phenoxy) is 1. The van der Waals surface area contributed by atoms with Crippen LogP contribution in [-0.4, -0.2) is 20.3 Å². The second-order valence-corrected chi connectivity index (χ2v) is 6.20. The molecule has 0 aliphatic heterocycles. The van der Waals surface area contributed by atoms with Crippen LogP contribution >= 0.6 is 0 Å². The monoisotopic (exact) mass is 353 g/mol. The standard InChI is InChI=1S/C19H18N2O3S/c22-25(23)21(14-13-16-7-3-1-4-8-16)17-11-12-19(20-15-17)24-18-9-5-2-6-10-18/h1-12,15H,13-14H2,(H,22,23)/p-1. The lowest BCUT2D eigenvalue weighted by Gasteiger charge is -2.26. The molecule has 2 aromatic carbocycles. The molecule has 0 aliphatic carbocycles. The van der Waals surface area contributed by atoms with Gasteiger partial charge in [0.2, 0.25) is 5.88 Å². The summed E-state index contributed by atoms with van der Waals surface area (Å²) in [6, 6.07) is 22.4. The van der Waals surface area contributed by atoms with Gasteiger partial charge in [-0.25, -0.2) is 4.98 Å². The van der Waals surface area contributed by atoms with Crippen LogP contribution in [-0.2, 0) is 17.7 Å². The van der Waals surface area contributed by atoms with Gasteiger partial charge in [0.15, 0.2) is 0 Å². The van der Waals surface area contributed by atoms with Gasteiger partial charge >= 0.3 is 0 Å². The first-order chi connectivity index (χ1) is 12.2. The molecular weight excluding hydrogens is 336 g/mol. The number of hydrogen-bond donors (Lipinski definition) is 0. The molecule has 5 nitrogen and oxygen atoms in total. The minimum Gasteiger partial charge on any atom is -0.755 e. The predicted molar refractivity (Wildman–Crippen MR) is 97.2 cm³/mol. The average molecular weight is 353 g/mol. The van der Waals surface area contributed by atoms with Crippen LogP contribution in [0.5, 0.6) is 11.6 Å².